The lowest BCUT2D eigenvalue weighted by Gasteiger charge is -2.19. The third-order valence-electron chi connectivity index (χ3n) is 4.81. The zero-order valence-corrected chi connectivity index (χ0v) is 18.0. The van der Waals surface area contributed by atoms with Crippen LogP contribution < -0.4 is 10.1 Å². The first-order chi connectivity index (χ1) is 14.2. The van der Waals surface area contributed by atoms with Crippen LogP contribution in [-0.4, -0.2) is 37.7 Å². The molecule has 1 aromatic rings. The van der Waals surface area contributed by atoms with Crippen molar-refractivity contribution in [2.75, 3.05) is 19.1 Å². The normalized spacial score (nSPS) is 13.2. The lowest BCUT2D eigenvalue weighted by Crippen LogP contribution is -2.18. The average molecular weight is 421 g/mol. The number of cyclic esters (lactones) is 1. The number of halogens is 1. The summed E-state index contributed by atoms with van der Waals surface area (Å²) in [5.41, 5.74) is 3.28. The van der Waals surface area contributed by atoms with Crippen LogP contribution in [0.1, 0.15) is 60.7 Å². The Balaban J connectivity index is 2.37. The van der Waals surface area contributed by atoms with Gasteiger partial charge in [0.05, 0.1) is 24.5 Å². The molecule has 2 rings (SSSR count). The molecule has 1 aromatic carbocycles. The van der Waals surface area contributed by atoms with Crippen LogP contribution in [0.4, 0.5) is 10.1 Å². The average Bonchev–Trinajstić information content (AvgIpc) is 3.08. The van der Waals surface area contributed by atoms with Crippen molar-refractivity contribution < 1.29 is 33.0 Å². The van der Waals surface area contributed by atoms with Gasteiger partial charge in [0.25, 0.3) is 5.91 Å². The van der Waals surface area contributed by atoms with Gasteiger partial charge in [0.2, 0.25) is 0 Å². The zero-order valence-electron chi connectivity index (χ0n) is 18.0. The van der Waals surface area contributed by atoms with Crippen LogP contribution in [0.25, 0.3) is 0 Å². The molecule has 0 aromatic heterocycles. The number of nitrogens with one attached hydrogen (secondary N) is 1. The maximum absolute atomic E-state index is 12.9. The van der Waals surface area contributed by atoms with E-state index in [1.165, 1.54) is 7.11 Å². The fourth-order valence-electron chi connectivity index (χ4n) is 3.36. The molecule has 0 aliphatic carbocycles. The second-order valence-electron chi connectivity index (χ2n) is 7.42. The van der Waals surface area contributed by atoms with E-state index in [9.17, 15) is 18.8 Å². The number of ether oxygens (including phenoxy) is 3. The molecule has 0 spiro atoms. The van der Waals surface area contributed by atoms with E-state index in [-0.39, 0.29) is 36.4 Å². The Hall–Kier alpha value is -2.90. The van der Waals surface area contributed by atoms with Crippen molar-refractivity contribution in [1.29, 1.82) is 0 Å². The number of methoxy groups -OCH3 is 1. The fourth-order valence-corrected chi connectivity index (χ4v) is 3.36. The number of rotatable bonds is 9. The summed E-state index contributed by atoms with van der Waals surface area (Å²) in [7, 11) is 1.50. The summed E-state index contributed by atoms with van der Waals surface area (Å²) in [4.78, 5) is 35.8. The van der Waals surface area contributed by atoms with Crippen molar-refractivity contribution in [3.8, 4) is 5.75 Å². The monoisotopic (exact) mass is 421 g/mol. The summed E-state index contributed by atoms with van der Waals surface area (Å²) in [6, 6.07) is 0. The molecule has 1 N–H and O–H groups in total. The standard InChI is InChI=1S/C22H28FNO6/c1-12(2)30-18(26)9-7-13(3)6-8-15-20(24-17(25)10-23)19-16(11-29-22(19)27)14(4)21(15)28-5/h6,12H,7-11H2,1-5H3,(H,24,25)/b13-6+. The summed E-state index contributed by atoms with van der Waals surface area (Å²) in [5.74, 6) is -1.20. The molecular formula is C22H28FNO6. The highest BCUT2D eigenvalue weighted by Crippen LogP contribution is 2.41. The van der Waals surface area contributed by atoms with Gasteiger partial charge < -0.3 is 19.5 Å². The number of alkyl halides is 1. The number of allylic oxidation sites excluding steroid dienone is 2. The lowest BCUT2D eigenvalue weighted by molar-refractivity contribution is -0.147. The van der Waals surface area contributed by atoms with Crippen molar-refractivity contribution in [2.45, 2.75) is 59.7 Å². The first kappa shape index (κ1) is 23.4. The Kier molecular flexibility index (Phi) is 7.97. The highest BCUT2D eigenvalue weighted by molar-refractivity contribution is 6.06. The van der Waals surface area contributed by atoms with Gasteiger partial charge in [-0.2, -0.15) is 0 Å². The van der Waals surface area contributed by atoms with Gasteiger partial charge in [0.1, 0.15) is 12.4 Å². The molecule has 0 saturated heterocycles. The quantitative estimate of drug-likeness (QED) is 0.482. The highest BCUT2D eigenvalue weighted by Gasteiger charge is 2.32. The number of carbonyl (C=O) groups is 3. The van der Waals surface area contributed by atoms with Crippen LogP contribution in [-0.2, 0) is 32.1 Å². The lowest BCUT2D eigenvalue weighted by atomic mass is 9.93. The molecule has 0 fully saturated rings. The Labute approximate surface area is 175 Å². The molecular weight excluding hydrogens is 393 g/mol. The van der Waals surface area contributed by atoms with Crippen molar-refractivity contribution in [3.63, 3.8) is 0 Å². The van der Waals surface area contributed by atoms with E-state index in [2.05, 4.69) is 5.32 Å². The number of amides is 1. The maximum Gasteiger partial charge on any atom is 0.341 e. The summed E-state index contributed by atoms with van der Waals surface area (Å²) >= 11 is 0. The second-order valence-corrected chi connectivity index (χ2v) is 7.42. The van der Waals surface area contributed by atoms with Gasteiger partial charge in [0.15, 0.2) is 6.67 Å². The predicted molar refractivity (Wildman–Crippen MR) is 109 cm³/mol. The van der Waals surface area contributed by atoms with Crippen LogP contribution in [0.5, 0.6) is 5.75 Å². The van der Waals surface area contributed by atoms with Crippen molar-refractivity contribution >= 4 is 23.5 Å². The minimum absolute atomic E-state index is 0.0714. The highest BCUT2D eigenvalue weighted by atomic mass is 19.1. The van der Waals surface area contributed by atoms with Crippen molar-refractivity contribution in [3.05, 3.63) is 33.9 Å². The Bertz CT molecular complexity index is 875. The molecule has 0 radical (unpaired) electrons. The minimum Gasteiger partial charge on any atom is -0.496 e. The number of anilines is 1. The van der Waals surface area contributed by atoms with Crippen LogP contribution >= 0.6 is 0 Å². The van der Waals surface area contributed by atoms with Gasteiger partial charge in [-0.3, -0.25) is 9.59 Å². The summed E-state index contributed by atoms with van der Waals surface area (Å²) in [6.45, 7) is 6.13. The summed E-state index contributed by atoms with van der Waals surface area (Å²) in [6.07, 6.45) is 2.79. The molecule has 0 unspecified atom stereocenters. The molecule has 30 heavy (non-hydrogen) atoms. The Morgan fingerprint density at radius 3 is 2.60 bits per heavy atom. The van der Waals surface area contributed by atoms with E-state index in [1.807, 2.05) is 19.9 Å². The summed E-state index contributed by atoms with van der Waals surface area (Å²) < 4.78 is 28.7. The molecule has 8 heteroatoms. The molecule has 1 aliphatic rings. The molecule has 1 aliphatic heterocycles. The van der Waals surface area contributed by atoms with Crippen LogP contribution in [0, 0.1) is 6.92 Å². The SMILES string of the molecule is COc1c(C)c2c(c(NC(=O)CF)c1C/C=C(\C)CCC(=O)OC(C)C)C(=O)OC2. The predicted octanol–water partition coefficient (Wildman–Crippen LogP) is 3.80. The number of hydrogen-bond acceptors (Lipinski definition) is 6. The van der Waals surface area contributed by atoms with E-state index in [0.717, 1.165) is 11.1 Å². The minimum atomic E-state index is -1.22. The Morgan fingerprint density at radius 1 is 1.30 bits per heavy atom. The maximum atomic E-state index is 12.9. The van der Waals surface area contributed by atoms with Gasteiger partial charge in [-0.05, 0) is 46.1 Å². The number of hydrogen-bond donors (Lipinski definition) is 1. The largest absolute Gasteiger partial charge is 0.496 e. The topological polar surface area (TPSA) is 90.9 Å². The van der Waals surface area contributed by atoms with E-state index in [4.69, 9.17) is 14.2 Å². The Morgan fingerprint density at radius 2 is 2.00 bits per heavy atom. The van der Waals surface area contributed by atoms with Crippen LogP contribution in [0.15, 0.2) is 11.6 Å². The van der Waals surface area contributed by atoms with Crippen LogP contribution in [0.3, 0.4) is 0 Å². The van der Waals surface area contributed by atoms with Gasteiger partial charge in [-0.1, -0.05) is 11.6 Å². The van der Waals surface area contributed by atoms with Gasteiger partial charge >= 0.3 is 11.9 Å². The second kappa shape index (κ2) is 10.2. The smallest absolute Gasteiger partial charge is 0.341 e. The number of carbonyl (C=O) groups excluding carboxylic acids is 3. The van der Waals surface area contributed by atoms with Gasteiger partial charge in [-0.15, -0.1) is 0 Å². The van der Waals surface area contributed by atoms with Gasteiger partial charge in [0, 0.05) is 17.5 Å². The molecule has 0 saturated carbocycles. The molecule has 1 amide bonds. The van der Waals surface area contributed by atoms with E-state index in [1.54, 1.807) is 13.8 Å². The van der Waals surface area contributed by atoms with Crippen molar-refractivity contribution in [2.24, 2.45) is 0 Å². The number of benzene rings is 1. The molecule has 0 bridgehead atoms. The first-order valence-corrected chi connectivity index (χ1v) is 9.79. The first-order valence-electron chi connectivity index (χ1n) is 9.79. The third kappa shape index (κ3) is 5.37. The third-order valence-corrected chi connectivity index (χ3v) is 4.81. The van der Waals surface area contributed by atoms with Gasteiger partial charge in [-0.25, -0.2) is 9.18 Å². The zero-order chi connectivity index (χ0) is 22.4. The molecule has 164 valence electrons. The summed E-state index contributed by atoms with van der Waals surface area (Å²) in [5, 5.41) is 2.49. The van der Waals surface area contributed by atoms with E-state index >= 15 is 0 Å². The molecule has 1 heterocycles. The molecule has 0 atom stereocenters. The van der Waals surface area contributed by atoms with E-state index in [0.29, 0.717) is 29.7 Å². The molecule has 7 nitrogen and oxygen atoms in total. The van der Waals surface area contributed by atoms with Crippen molar-refractivity contribution in [1.82, 2.24) is 0 Å². The number of fused-ring (bicyclic) bond motifs is 1. The number of esters is 2. The fraction of sp³-hybridized carbons (Fsp3) is 0.500. The van der Waals surface area contributed by atoms with E-state index < -0.39 is 18.6 Å². The van der Waals surface area contributed by atoms with Crippen LogP contribution in [0.2, 0.25) is 0 Å².